The predicted molar refractivity (Wildman–Crippen MR) is 129 cm³/mol. The number of hydrogen-bond acceptors (Lipinski definition) is 8. The standard InChI is InChI=1S/C24H28ClFN4O4/c1-30(7-8-31)6-2-9-33-18-12-21-23(22(13-18)34-17-5-10-32-14-17)24(28-15-27-21)29-16-3-4-20(26)19(25)11-16/h3-4,11-13,15,17,31H,2,5-10,14H2,1H3,(H,27,28,29). The zero-order chi connectivity index (χ0) is 23.9. The van der Waals surface area contributed by atoms with Gasteiger partial charge in [-0.25, -0.2) is 14.4 Å². The summed E-state index contributed by atoms with van der Waals surface area (Å²) in [6.45, 7) is 3.24. The van der Waals surface area contributed by atoms with Crippen molar-refractivity contribution in [1.82, 2.24) is 14.9 Å². The predicted octanol–water partition coefficient (Wildman–Crippen LogP) is 4.03. The minimum absolute atomic E-state index is 0.0169. The van der Waals surface area contributed by atoms with Crippen LogP contribution in [-0.4, -0.2) is 72.6 Å². The first kappa shape index (κ1) is 24.4. The fourth-order valence-corrected chi connectivity index (χ4v) is 3.88. The van der Waals surface area contributed by atoms with Crippen molar-refractivity contribution < 1.29 is 23.7 Å². The van der Waals surface area contributed by atoms with E-state index in [2.05, 4.69) is 15.3 Å². The number of nitrogens with zero attached hydrogens (tertiary/aromatic N) is 3. The number of rotatable bonds is 11. The van der Waals surface area contributed by atoms with E-state index in [4.69, 9.17) is 30.9 Å². The van der Waals surface area contributed by atoms with E-state index in [0.29, 0.717) is 60.3 Å². The molecule has 0 saturated carbocycles. The molecule has 1 fully saturated rings. The highest BCUT2D eigenvalue weighted by atomic mass is 35.5. The van der Waals surface area contributed by atoms with Gasteiger partial charge < -0.3 is 29.5 Å². The first-order valence-corrected chi connectivity index (χ1v) is 11.6. The van der Waals surface area contributed by atoms with Crippen molar-refractivity contribution in [3.05, 3.63) is 47.5 Å². The van der Waals surface area contributed by atoms with E-state index in [1.807, 2.05) is 24.1 Å². The Bertz CT molecular complexity index is 1110. The molecular formula is C24H28ClFN4O4. The second-order valence-corrected chi connectivity index (χ2v) is 8.53. The van der Waals surface area contributed by atoms with E-state index in [1.54, 1.807) is 6.07 Å². The first-order valence-electron chi connectivity index (χ1n) is 11.2. The second-order valence-electron chi connectivity index (χ2n) is 8.12. The highest BCUT2D eigenvalue weighted by Gasteiger charge is 2.21. The van der Waals surface area contributed by atoms with Crippen LogP contribution in [-0.2, 0) is 4.74 Å². The molecule has 1 aliphatic heterocycles. The summed E-state index contributed by atoms with van der Waals surface area (Å²) >= 11 is 5.94. The van der Waals surface area contributed by atoms with Crippen LogP contribution in [0.5, 0.6) is 11.5 Å². The Morgan fingerprint density at radius 3 is 2.91 bits per heavy atom. The molecule has 1 saturated heterocycles. The van der Waals surface area contributed by atoms with Crippen molar-refractivity contribution in [3.8, 4) is 11.5 Å². The van der Waals surface area contributed by atoms with Gasteiger partial charge in [-0.1, -0.05) is 11.6 Å². The summed E-state index contributed by atoms with van der Waals surface area (Å²) in [5, 5.41) is 12.9. The number of fused-ring (bicyclic) bond motifs is 1. The average Bonchev–Trinajstić information content (AvgIpc) is 3.32. The van der Waals surface area contributed by atoms with Crippen LogP contribution in [0.15, 0.2) is 36.7 Å². The summed E-state index contributed by atoms with van der Waals surface area (Å²) < 4.78 is 31.3. The summed E-state index contributed by atoms with van der Waals surface area (Å²) in [6, 6.07) is 8.07. The van der Waals surface area contributed by atoms with Gasteiger partial charge in [0.2, 0.25) is 0 Å². The van der Waals surface area contributed by atoms with Gasteiger partial charge in [0.05, 0.1) is 42.4 Å². The Hall–Kier alpha value is -2.72. The van der Waals surface area contributed by atoms with Gasteiger partial charge >= 0.3 is 0 Å². The molecular weight excluding hydrogens is 463 g/mol. The Morgan fingerprint density at radius 2 is 2.15 bits per heavy atom. The van der Waals surface area contributed by atoms with Gasteiger partial charge in [-0.05, 0) is 31.7 Å². The molecule has 1 aromatic heterocycles. The summed E-state index contributed by atoms with van der Waals surface area (Å²) in [5.74, 6) is 1.24. The average molecular weight is 491 g/mol. The van der Waals surface area contributed by atoms with Crippen molar-refractivity contribution in [2.75, 3.05) is 51.9 Å². The lowest BCUT2D eigenvalue weighted by Crippen LogP contribution is -2.24. The minimum Gasteiger partial charge on any atom is -0.493 e. The third-order valence-corrected chi connectivity index (χ3v) is 5.76. The maximum Gasteiger partial charge on any atom is 0.145 e. The third-order valence-electron chi connectivity index (χ3n) is 5.47. The Kier molecular flexibility index (Phi) is 8.34. The number of aromatic nitrogens is 2. The number of benzene rings is 2. The molecule has 1 unspecified atom stereocenters. The molecule has 3 aromatic rings. The quantitative estimate of drug-likeness (QED) is 0.389. The molecule has 0 radical (unpaired) electrons. The minimum atomic E-state index is -0.491. The van der Waals surface area contributed by atoms with Crippen molar-refractivity contribution in [3.63, 3.8) is 0 Å². The monoisotopic (exact) mass is 490 g/mol. The number of ether oxygens (including phenoxy) is 3. The SMILES string of the molecule is CN(CCO)CCCOc1cc(OC2CCOC2)c2c(Nc3ccc(F)c(Cl)c3)ncnc2c1. The van der Waals surface area contributed by atoms with E-state index in [9.17, 15) is 4.39 Å². The van der Waals surface area contributed by atoms with Gasteiger partial charge in [0, 0.05) is 37.3 Å². The number of anilines is 2. The van der Waals surface area contributed by atoms with Crippen LogP contribution in [0.3, 0.4) is 0 Å². The Balaban J connectivity index is 1.60. The van der Waals surface area contributed by atoms with Crippen LogP contribution >= 0.6 is 11.6 Å². The van der Waals surface area contributed by atoms with Gasteiger partial charge in [-0.15, -0.1) is 0 Å². The third kappa shape index (κ3) is 6.24. The zero-order valence-corrected chi connectivity index (χ0v) is 19.7. The van der Waals surface area contributed by atoms with Crippen LogP contribution in [0.25, 0.3) is 10.9 Å². The molecule has 0 bridgehead atoms. The highest BCUT2D eigenvalue weighted by molar-refractivity contribution is 6.31. The fourth-order valence-electron chi connectivity index (χ4n) is 3.70. The van der Waals surface area contributed by atoms with E-state index in [1.165, 1.54) is 18.5 Å². The number of likely N-dealkylation sites (N-methyl/N-ethyl adjacent to an activating group) is 1. The Labute approximate surface area is 202 Å². The number of aliphatic hydroxyl groups excluding tert-OH is 1. The van der Waals surface area contributed by atoms with Gasteiger partial charge in [0.15, 0.2) is 0 Å². The lowest BCUT2D eigenvalue weighted by Gasteiger charge is -2.18. The first-order chi connectivity index (χ1) is 16.5. The topological polar surface area (TPSA) is 89.0 Å². The van der Waals surface area contributed by atoms with Gasteiger partial charge in [-0.3, -0.25) is 0 Å². The smallest absolute Gasteiger partial charge is 0.145 e. The van der Waals surface area contributed by atoms with E-state index < -0.39 is 5.82 Å². The second kappa shape index (κ2) is 11.6. The van der Waals surface area contributed by atoms with Gasteiger partial charge in [-0.2, -0.15) is 0 Å². The molecule has 0 aliphatic carbocycles. The number of halogens is 2. The molecule has 10 heteroatoms. The summed E-state index contributed by atoms with van der Waals surface area (Å²) in [6.07, 6.45) is 2.96. The van der Waals surface area contributed by atoms with Crippen molar-refractivity contribution in [2.24, 2.45) is 0 Å². The maximum atomic E-state index is 13.6. The molecule has 1 atom stereocenters. The largest absolute Gasteiger partial charge is 0.493 e. The normalized spacial score (nSPS) is 15.7. The molecule has 34 heavy (non-hydrogen) atoms. The summed E-state index contributed by atoms with van der Waals surface area (Å²) in [4.78, 5) is 10.9. The lowest BCUT2D eigenvalue weighted by molar-refractivity contribution is 0.142. The maximum absolute atomic E-state index is 13.6. The molecule has 1 aliphatic rings. The van der Waals surface area contributed by atoms with Crippen molar-refractivity contribution >= 4 is 34.0 Å². The number of aliphatic hydroxyl groups is 1. The fraction of sp³-hybridized carbons (Fsp3) is 0.417. The van der Waals surface area contributed by atoms with Crippen LogP contribution < -0.4 is 14.8 Å². The van der Waals surface area contributed by atoms with Crippen molar-refractivity contribution in [2.45, 2.75) is 18.9 Å². The van der Waals surface area contributed by atoms with Gasteiger partial charge in [0.1, 0.15) is 35.6 Å². The van der Waals surface area contributed by atoms with E-state index in [0.717, 1.165) is 19.4 Å². The van der Waals surface area contributed by atoms with Gasteiger partial charge in [0.25, 0.3) is 0 Å². The van der Waals surface area contributed by atoms with E-state index >= 15 is 0 Å². The highest BCUT2D eigenvalue weighted by Crippen LogP contribution is 2.37. The molecule has 8 nitrogen and oxygen atoms in total. The number of nitrogens with one attached hydrogen (secondary N) is 1. The molecule has 4 rings (SSSR count). The zero-order valence-electron chi connectivity index (χ0n) is 19.0. The molecule has 0 spiro atoms. The lowest BCUT2D eigenvalue weighted by atomic mass is 10.2. The van der Waals surface area contributed by atoms with Crippen molar-refractivity contribution in [1.29, 1.82) is 0 Å². The molecule has 2 aromatic carbocycles. The van der Waals surface area contributed by atoms with Crippen LogP contribution in [0, 0.1) is 5.82 Å². The van der Waals surface area contributed by atoms with Crippen LogP contribution in [0.1, 0.15) is 12.8 Å². The molecule has 2 heterocycles. The molecule has 0 amide bonds. The number of hydrogen-bond donors (Lipinski definition) is 2. The Morgan fingerprint density at radius 1 is 1.26 bits per heavy atom. The van der Waals surface area contributed by atoms with Crippen LogP contribution in [0.4, 0.5) is 15.9 Å². The summed E-state index contributed by atoms with van der Waals surface area (Å²) in [5.41, 5.74) is 1.24. The van der Waals surface area contributed by atoms with E-state index in [-0.39, 0.29) is 17.7 Å². The molecule has 2 N–H and O–H groups in total. The van der Waals surface area contributed by atoms with Crippen LogP contribution in [0.2, 0.25) is 5.02 Å². The summed E-state index contributed by atoms with van der Waals surface area (Å²) in [7, 11) is 1.96. The molecule has 182 valence electrons.